The summed E-state index contributed by atoms with van der Waals surface area (Å²) in [6.45, 7) is 2.79. The second-order valence-corrected chi connectivity index (χ2v) is 10.4. The minimum absolute atomic E-state index is 0.00517. The number of aromatic nitrogens is 4. The molecule has 42 heavy (non-hydrogen) atoms. The van der Waals surface area contributed by atoms with E-state index in [0.29, 0.717) is 32.0 Å². The van der Waals surface area contributed by atoms with Crippen molar-refractivity contribution < 1.29 is 31.9 Å². The van der Waals surface area contributed by atoms with Gasteiger partial charge in [-0.2, -0.15) is 23.3 Å². The highest BCUT2D eigenvalue weighted by molar-refractivity contribution is 5.91. The van der Waals surface area contributed by atoms with Gasteiger partial charge in [-0.25, -0.2) is 23.2 Å². The maximum absolute atomic E-state index is 14.9. The summed E-state index contributed by atoms with van der Waals surface area (Å²) in [6, 6.07) is 9.86. The average Bonchev–Trinajstić information content (AvgIpc) is 3.26. The van der Waals surface area contributed by atoms with Crippen molar-refractivity contribution in [3.63, 3.8) is 0 Å². The van der Waals surface area contributed by atoms with E-state index in [9.17, 15) is 31.9 Å². The number of alkyl halides is 3. The molecule has 2 aliphatic rings. The third kappa shape index (κ3) is 4.84. The summed E-state index contributed by atoms with van der Waals surface area (Å²) < 4.78 is 70.5. The van der Waals surface area contributed by atoms with Crippen LogP contribution < -0.4 is 4.90 Å². The molecule has 2 fully saturated rings. The van der Waals surface area contributed by atoms with Crippen LogP contribution in [0.15, 0.2) is 42.6 Å². The predicted octanol–water partition coefficient (Wildman–Crippen LogP) is 4.59. The summed E-state index contributed by atoms with van der Waals surface area (Å²) in [4.78, 5) is 27.7. The molecule has 0 unspecified atom stereocenters. The molecule has 1 N–H and O–H groups in total. The molecule has 0 bridgehead atoms. The summed E-state index contributed by atoms with van der Waals surface area (Å²) >= 11 is 0. The van der Waals surface area contributed by atoms with Crippen LogP contribution in [0, 0.1) is 11.6 Å². The summed E-state index contributed by atoms with van der Waals surface area (Å²) in [7, 11) is 1.49. The minimum Gasteiger partial charge on any atom is -0.503 e. The number of anilines is 1. The first kappa shape index (κ1) is 27.7. The molecule has 14 heteroatoms. The first-order chi connectivity index (χ1) is 20.0. The van der Waals surface area contributed by atoms with Gasteiger partial charge in [-0.1, -0.05) is 30.3 Å². The fourth-order valence-electron chi connectivity index (χ4n) is 5.43. The summed E-state index contributed by atoms with van der Waals surface area (Å²) in [5.74, 6) is -5.10. The first-order valence-electron chi connectivity index (χ1n) is 13.4. The Labute approximate surface area is 236 Å². The number of carbonyl (C=O) groups is 1. The number of carbonyl (C=O) groups excluding carboxylic acids is 1. The number of rotatable bonds is 4. The molecule has 2 saturated heterocycles. The quantitative estimate of drug-likeness (QED) is 0.352. The van der Waals surface area contributed by atoms with Crippen LogP contribution in [0.5, 0.6) is 5.75 Å². The monoisotopic (exact) mass is 587 g/mol. The van der Waals surface area contributed by atoms with Gasteiger partial charge in [0.25, 0.3) is 0 Å². The summed E-state index contributed by atoms with van der Waals surface area (Å²) in [6.07, 6.45) is -2.27. The number of aromatic hydroxyl groups is 1. The zero-order valence-corrected chi connectivity index (χ0v) is 22.4. The van der Waals surface area contributed by atoms with E-state index in [1.807, 2.05) is 45.0 Å². The van der Waals surface area contributed by atoms with Gasteiger partial charge in [0.1, 0.15) is 5.69 Å². The fourth-order valence-corrected chi connectivity index (χ4v) is 5.43. The molecule has 2 aromatic carbocycles. The first-order valence-corrected chi connectivity index (χ1v) is 13.4. The molecule has 0 saturated carbocycles. The number of piperazine rings is 1. The van der Waals surface area contributed by atoms with E-state index in [4.69, 9.17) is 0 Å². The second-order valence-electron chi connectivity index (χ2n) is 10.4. The number of hydrogen-bond donors (Lipinski definition) is 1. The normalized spacial score (nSPS) is 17.6. The van der Waals surface area contributed by atoms with Gasteiger partial charge in [0.2, 0.25) is 5.95 Å². The summed E-state index contributed by atoms with van der Waals surface area (Å²) in [5.41, 5.74) is -1.57. The topological polar surface area (TPSA) is 90.6 Å². The van der Waals surface area contributed by atoms with Gasteiger partial charge in [0.15, 0.2) is 23.0 Å². The number of aryl methyl sites for hydroxylation is 1. The Bertz CT molecular complexity index is 1660. The molecule has 0 spiro atoms. The van der Waals surface area contributed by atoms with Crippen LogP contribution in [-0.2, 0) is 19.6 Å². The van der Waals surface area contributed by atoms with Crippen molar-refractivity contribution in [3.05, 3.63) is 65.4 Å². The number of phenolic OH excluding ortho intramolecular Hbond substituents is 1. The second kappa shape index (κ2) is 10.4. The van der Waals surface area contributed by atoms with Crippen molar-refractivity contribution in [3.8, 4) is 17.0 Å². The Morgan fingerprint density at radius 1 is 1.05 bits per heavy atom. The lowest BCUT2D eigenvalue weighted by Gasteiger charge is -2.44. The Morgan fingerprint density at radius 3 is 2.45 bits per heavy atom. The largest absolute Gasteiger partial charge is 0.503 e. The molecule has 2 aliphatic heterocycles. The molecular weight excluding hydrogens is 561 g/mol. The van der Waals surface area contributed by atoms with E-state index in [-0.39, 0.29) is 34.9 Å². The average molecular weight is 588 g/mol. The smallest absolute Gasteiger partial charge is 0.419 e. The number of nitrogens with zero attached hydrogens (tertiary/aromatic N) is 7. The molecule has 2 amide bonds. The molecule has 4 aromatic rings. The van der Waals surface area contributed by atoms with Crippen molar-refractivity contribution in [2.24, 2.45) is 7.05 Å². The van der Waals surface area contributed by atoms with Crippen LogP contribution in [-0.4, -0.2) is 79.5 Å². The zero-order valence-electron chi connectivity index (χ0n) is 22.4. The van der Waals surface area contributed by atoms with Crippen molar-refractivity contribution in [1.82, 2.24) is 29.5 Å². The van der Waals surface area contributed by atoms with Crippen molar-refractivity contribution >= 4 is 23.0 Å². The van der Waals surface area contributed by atoms with Crippen LogP contribution in [0.1, 0.15) is 17.5 Å². The SMILES string of the molecule is Cn1nc(-c2cc(C(F)(F)F)c(F)c(O)c2F)c2cnc(N3CCN(C(=O)N4CCC4)C[C@H]3Cc3ccccc3)nc21. The Morgan fingerprint density at radius 2 is 1.79 bits per heavy atom. The van der Waals surface area contributed by atoms with Gasteiger partial charge in [-0.05, 0) is 24.5 Å². The van der Waals surface area contributed by atoms with Crippen LogP contribution in [0.3, 0.4) is 0 Å². The number of phenols is 1. The number of hydrogen-bond acceptors (Lipinski definition) is 6. The minimum atomic E-state index is -5.18. The number of benzene rings is 2. The van der Waals surface area contributed by atoms with Crippen LogP contribution in [0.4, 0.5) is 32.7 Å². The maximum atomic E-state index is 14.9. The Hall–Kier alpha value is -4.49. The summed E-state index contributed by atoms with van der Waals surface area (Å²) in [5, 5.41) is 14.1. The third-order valence-corrected chi connectivity index (χ3v) is 7.76. The zero-order chi connectivity index (χ0) is 29.8. The van der Waals surface area contributed by atoms with E-state index in [2.05, 4.69) is 15.1 Å². The van der Waals surface area contributed by atoms with Gasteiger partial charge in [-0.3, -0.25) is 0 Å². The van der Waals surface area contributed by atoms with E-state index >= 15 is 0 Å². The number of halogens is 5. The highest BCUT2D eigenvalue weighted by Gasteiger charge is 2.39. The maximum Gasteiger partial charge on any atom is 0.419 e. The molecule has 2 aromatic heterocycles. The molecule has 220 valence electrons. The number of fused-ring (bicyclic) bond motifs is 1. The van der Waals surface area contributed by atoms with Crippen molar-refractivity contribution in [2.45, 2.75) is 25.1 Å². The molecule has 0 aliphatic carbocycles. The van der Waals surface area contributed by atoms with Gasteiger partial charge < -0.3 is 19.8 Å². The van der Waals surface area contributed by atoms with Gasteiger partial charge >= 0.3 is 12.2 Å². The molecule has 1 atom stereocenters. The predicted molar refractivity (Wildman–Crippen MR) is 143 cm³/mol. The van der Waals surface area contributed by atoms with Crippen molar-refractivity contribution in [1.29, 1.82) is 0 Å². The lowest BCUT2D eigenvalue weighted by Crippen LogP contribution is -2.60. The van der Waals surface area contributed by atoms with Crippen molar-refractivity contribution in [2.75, 3.05) is 37.6 Å². The highest BCUT2D eigenvalue weighted by atomic mass is 19.4. The van der Waals surface area contributed by atoms with Crippen LogP contribution in [0.25, 0.3) is 22.3 Å². The lowest BCUT2D eigenvalue weighted by atomic mass is 10.0. The van der Waals surface area contributed by atoms with Gasteiger partial charge in [-0.15, -0.1) is 0 Å². The lowest BCUT2D eigenvalue weighted by molar-refractivity contribution is -0.140. The van der Waals surface area contributed by atoms with Gasteiger partial charge in [0.05, 0.1) is 17.0 Å². The highest BCUT2D eigenvalue weighted by Crippen LogP contribution is 2.41. The standard InChI is InChI=1S/C28H26F5N7O2/c1-37-25-19(23(36-37)18-13-20(28(31,32)33)22(30)24(41)21(18)29)14-34-26(35-25)40-11-10-39(27(42)38-8-5-9-38)15-17(40)12-16-6-3-2-4-7-16/h2-4,6-7,13-14,17,41H,5,8-12,15H2,1H3/t17-/m1/s1. The molecule has 4 heterocycles. The molecule has 0 radical (unpaired) electrons. The van der Waals surface area contributed by atoms with Crippen LogP contribution in [0.2, 0.25) is 0 Å². The van der Waals surface area contributed by atoms with Crippen LogP contribution >= 0.6 is 0 Å². The number of amides is 2. The number of likely N-dealkylation sites (tertiary alicyclic amines) is 1. The molecule has 9 nitrogen and oxygen atoms in total. The Balaban J connectivity index is 1.37. The fraction of sp³-hybridized carbons (Fsp3) is 0.357. The molecule has 6 rings (SSSR count). The van der Waals surface area contributed by atoms with E-state index in [1.165, 1.54) is 17.9 Å². The third-order valence-electron chi connectivity index (χ3n) is 7.76. The molecular formula is C28H26F5N7O2. The van der Waals surface area contributed by atoms with E-state index in [1.54, 1.807) is 0 Å². The number of urea groups is 1. The Kier molecular flexibility index (Phi) is 6.86. The van der Waals surface area contributed by atoms with Gasteiger partial charge in [0, 0.05) is 51.5 Å². The van der Waals surface area contributed by atoms with E-state index in [0.717, 1.165) is 25.1 Å². The van der Waals surface area contributed by atoms with E-state index < -0.39 is 34.7 Å².